The molecular weight excluding hydrogens is 256 g/mol. The van der Waals surface area contributed by atoms with Gasteiger partial charge in [0.2, 0.25) is 0 Å². The molecule has 1 N–H and O–H groups in total. The van der Waals surface area contributed by atoms with E-state index >= 15 is 0 Å². The van der Waals surface area contributed by atoms with E-state index in [1.165, 1.54) is 0 Å². The summed E-state index contributed by atoms with van der Waals surface area (Å²) in [6, 6.07) is 9.33. The summed E-state index contributed by atoms with van der Waals surface area (Å²) >= 11 is 0. The number of nitrogens with zero attached hydrogens (tertiary/aromatic N) is 1. The number of hydrogen-bond acceptors (Lipinski definition) is 3. The van der Waals surface area contributed by atoms with Crippen molar-refractivity contribution in [1.82, 2.24) is 9.88 Å². The number of rotatable bonds is 3. The first-order valence-corrected chi connectivity index (χ1v) is 6.53. The van der Waals surface area contributed by atoms with Crippen molar-refractivity contribution in [2.24, 2.45) is 7.05 Å². The van der Waals surface area contributed by atoms with Gasteiger partial charge in [-0.25, -0.2) is 0 Å². The Balaban J connectivity index is 1.73. The summed E-state index contributed by atoms with van der Waals surface area (Å²) in [5, 5.41) is 2.90. The number of amides is 1. The van der Waals surface area contributed by atoms with Crippen LogP contribution in [0.25, 0.3) is 0 Å². The van der Waals surface area contributed by atoms with Gasteiger partial charge in [-0.1, -0.05) is 12.1 Å². The SMILES string of the molecule is Cn1cccc1C(=O)NCc1cccc2c1OCCO2. The lowest BCUT2D eigenvalue weighted by molar-refractivity contribution is 0.0942. The predicted molar refractivity (Wildman–Crippen MR) is 74.0 cm³/mol. The number of para-hydroxylation sites is 1. The van der Waals surface area contributed by atoms with Crippen molar-refractivity contribution in [1.29, 1.82) is 0 Å². The fourth-order valence-corrected chi connectivity index (χ4v) is 2.24. The molecule has 5 heteroatoms. The van der Waals surface area contributed by atoms with Crippen molar-refractivity contribution in [2.45, 2.75) is 6.54 Å². The first-order chi connectivity index (χ1) is 9.75. The van der Waals surface area contributed by atoms with Crippen molar-refractivity contribution in [3.63, 3.8) is 0 Å². The minimum atomic E-state index is -0.105. The van der Waals surface area contributed by atoms with E-state index in [0.717, 1.165) is 17.1 Å². The van der Waals surface area contributed by atoms with E-state index in [1.807, 2.05) is 37.5 Å². The molecular formula is C15H16N2O3. The molecule has 5 nitrogen and oxygen atoms in total. The fourth-order valence-electron chi connectivity index (χ4n) is 2.24. The molecule has 1 amide bonds. The van der Waals surface area contributed by atoms with Crippen LogP contribution in [0.5, 0.6) is 11.5 Å². The molecule has 1 aliphatic rings. The van der Waals surface area contributed by atoms with Crippen molar-refractivity contribution in [3.05, 3.63) is 47.8 Å². The van der Waals surface area contributed by atoms with Crippen LogP contribution in [-0.4, -0.2) is 23.7 Å². The second-order valence-electron chi connectivity index (χ2n) is 4.63. The Labute approximate surface area is 117 Å². The highest BCUT2D eigenvalue weighted by Gasteiger charge is 2.16. The average molecular weight is 272 g/mol. The maximum absolute atomic E-state index is 12.1. The van der Waals surface area contributed by atoms with Gasteiger partial charge >= 0.3 is 0 Å². The second-order valence-corrected chi connectivity index (χ2v) is 4.63. The van der Waals surface area contributed by atoms with Crippen LogP contribution in [0.3, 0.4) is 0 Å². The summed E-state index contributed by atoms with van der Waals surface area (Å²) < 4.78 is 12.9. The van der Waals surface area contributed by atoms with Gasteiger partial charge in [-0.2, -0.15) is 0 Å². The monoisotopic (exact) mass is 272 g/mol. The molecule has 2 aromatic rings. The van der Waals surface area contributed by atoms with Gasteiger partial charge in [-0.15, -0.1) is 0 Å². The Morgan fingerprint density at radius 1 is 1.25 bits per heavy atom. The van der Waals surface area contributed by atoms with E-state index in [-0.39, 0.29) is 5.91 Å². The lowest BCUT2D eigenvalue weighted by Gasteiger charge is -2.21. The number of hydrogen-bond donors (Lipinski definition) is 1. The highest BCUT2D eigenvalue weighted by atomic mass is 16.6. The highest BCUT2D eigenvalue weighted by Crippen LogP contribution is 2.33. The normalized spacial score (nSPS) is 13.1. The third-order valence-corrected chi connectivity index (χ3v) is 3.26. The summed E-state index contributed by atoms with van der Waals surface area (Å²) in [7, 11) is 1.84. The topological polar surface area (TPSA) is 52.5 Å². The smallest absolute Gasteiger partial charge is 0.268 e. The Hall–Kier alpha value is -2.43. The van der Waals surface area contributed by atoms with Crippen molar-refractivity contribution < 1.29 is 14.3 Å². The Kier molecular flexibility index (Phi) is 3.33. The van der Waals surface area contributed by atoms with E-state index < -0.39 is 0 Å². The summed E-state index contributed by atoms with van der Waals surface area (Å²) in [6.45, 7) is 1.51. The van der Waals surface area contributed by atoms with Crippen LogP contribution in [0.4, 0.5) is 0 Å². The van der Waals surface area contributed by atoms with Crippen molar-refractivity contribution in [3.8, 4) is 11.5 Å². The van der Waals surface area contributed by atoms with Gasteiger partial charge in [-0.05, 0) is 18.2 Å². The van der Waals surface area contributed by atoms with Crippen LogP contribution in [0.15, 0.2) is 36.5 Å². The third-order valence-electron chi connectivity index (χ3n) is 3.26. The largest absolute Gasteiger partial charge is 0.486 e. The zero-order valence-electron chi connectivity index (χ0n) is 11.3. The van der Waals surface area contributed by atoms with Gasteiger partial charge in [0, 0.05) is 25.4 Å². The highest BCUT2D eigenvalue weighted by molar-refractivity contribution is 5.92. The number of aromatic nitrogens is 1. The number of carbonyl (C=O) groups is 1. The molecule has 0 aliphatic carbocycles. The summed E-state index contributed by atoms with van der Waals surface area (Å²) in [5.74, 6) is 1.36. The van der Waals surface area contributed by atoms with E-state index in [9.17, 15) is 4.79 Å². The predicted octanol–water partition coefficient (Wildman–Crippen LogP) is 1.73. The van der Waals surface area contributed by atoms with E-state index in [1.54, 1.807) is 10.6 Å². The van der Waals surface area contributed by atoms with Gasteiger partial charge in [0.25, 0.3) is 5.91 Å². The van der Waals surface area contributed by atoms with Gasteiger partial charge in [0.15, 0.2) is 11.5 Å². The zero-order valence-corrected chi connectivity index (χ0v) is 11.3. The molecule has 1 aromatic heterocycles. The van der Waals surface area contributed by atoms with Crippen LogP contribution >= 0.6 is 0 Å². The van der Waals surface area contributed by atoms with Crippen molar-refractivity contribution >= 4 is 5.91 Å². The molecule has 0 spiro atoms. The van der Waals surface area contributed by atoms with Gasteiger partial charge in [0.1, 0.15) is 18.9 Å². The molecule has 0 fully saturated rings. The molecule has 0 atom stereocenters. The standard InChI is InChI=1S/C15H16N2O3/c1-17-7-3-5-12(17)15(18)16-10-11-4-2-6-13-14(11)20-9-8-19-13/h2-7H,8-10H2,1H3,(H,16,18). The van der Waals surface area contributed by atoms with Crippen LogP contribution in [0, 0.1) is 0 Å². The maximum atomic E-state index is 12.1. The van der Waals surface area contributed by atoms with Crippen LogP contribution < -0.4 is 14.8 Å². The molecule has 3 rings (SSSR count). The van der Waals surface area contributed by atoms with Crippen LogP contribution in [-0.2, 0) is 13.6 Å². The zero-order chi connectivity index (χ0) is 13.9. The number of fused-ring (bicyclic) bond motifs is 1. The molecule has 0 radical (unpaired) electrons. The Morgan fingerprint density at radius 3 is 2.90 bits per heavy atom. The minimum absolute atomic E-state index is 0.105. The molecule has 104 valence electrons. The Morgan fingerprint density at radius 2 is 2.10 bits per heavy atom. The van der Waals surface area contributed by atoms with Gasteiger partial charge < -0.3 is 19.4 Å². The second kappa shape index (κ2) is 5.28. The van der Waals surface area contributed by atoms with E-state index in [0.29, 0.717) is 25.5 Å². The molecule has 2 heterocycles. The number of benzene rings is 1. The lowest BCUT2D eigenvalue weighted by atomic mass is 10.1. The fraction of sp³-hybridized carbons (Fsp3) is 0.267. The molecule has 20 heavy (non-hydrogen) atoms. The van der Waals surface area contributed by atoms with Crippen LogP contribution in [0.2, 0.25) is 0 Å². The molecule has 0 bridgehead atoms. The molecule has 1 aliphatic heterocycles. The van der Waals surface area contributed by atoms with E-state index in [4.69, 9.17) is 9.47 Å². The number of carbonyl (C=O) groups excluding carboxylic acids is 1. The molecule has 0 unspecified atom stereocenters. The molecule has 0 saturated heterocycles. The maximum Gasteiger partial charge on any atom is 0.268 e. The minimum Gasteiger partial charge on any atom is -0.486 e. The lowest BCUT2D eigenvalue weighted by Crippen LogP contribution is -2.25. The number of ether oxygens (including phenoxy) is 2. The average Bonchev–Trinajstić information content (AvgIpc) is 2.91. The summed E-state index contributed by atoms with van der Waals surface area (Å²) in [5.41, 5.74) is 1.55. The van der Waals surface area contributed by atoms with E-state index in [2.05, 4.69) is 5.32 Å². The van der Waals surface area contributed by atoms with Crippen molar-refractivity contribution in [2.75, 3.05) is 13.2 Å². The third kappa shape index (κ3) is 2.34. The first kappa shape index (κ1) is 12.6. The quantitative estimate of drug-likeness (QED) is 0.925. The number of nitrogens with one attached hydrogen (secondary N) is 1. The summed E-state index contributed by atoms with van der Waals surface area (Å²) in [4.78, 5) is 12.1. The Bertz CT molecular complexity index is 634. The molecule has 1 aromatic carbocycles. The van der Waals surface area contributed by atoms with Crippen LogP contribution in [0.1, 0.15) is 16.1 Å². The first-order valence-electron chi connectivity index (χ1n) is 6.53. The van der Waals surface area contributed by atoms with Gasteiger partial charge in [-0.3, -0.25) is 4.79 Å². The summed E-state index contributed by atoms with van der Waals surface area (Å²) in [6.07, 6.45) is 1.84. The molecule has 0 saturated carbocycles. The van der Waals surface area contributed by atoms with Gasteiger partial charge in [0.05, 0.1) is 0 Å². The number of aryl methyl sites for hydroxylation is 1.